The number of hydrogen-bond donors (Lipinski definition) is 2. The number of rotatable bonds is 0. The van der Waals surface area contributed by atoms with Crippen molar-refractivity contribution in [2.45, 2.75) is 0 Å². The van der Waals surface area contributed by atoms with Crippen LogP contribution in [0.2, 0.25) is 0 Å². The highest BCUT2D eigenvalue weighted by Gasteiger charge is 2.21. The maximum atomic E-state index is 11.0. The van der Waals surface area contributed by atoms with E-state index in [0.29, 0.717) is 11.1 Å². The molecule has 14 heavy (non-hydrogen) atoms. The topological polar surface area (TPSA) is 74.6 Å². The molecule has 0 radical (unpaired) electrons. The van der Waals surface area contributed by atoms with Crippen molar-refractivity contribution >= 4 is 11.6 Å². The van der Waals surface area contributed by atoms with Gasteiger partial charge in [-0.05, 0) is 35.5 Å². The van der Waals surface area contributed by atoms with Crippen molar-refractivity contribution < 1.29 is 19.8 Å². The van der Waals surface area contributed by atoms with Gasteiger partial charge in [-0.3, -0.25) is 9.59 Å². The summed E-state index contributed by atoms with van der Waals surface area (Å²) in [5.41, 5.74) is 0.870. The molecular formula is C10H6O4. The van der Waals surface area contributed by atoms with E-state index in [1.54, 1.807) is 0 Å². The molecule has 0 unspecified atom stereocenters. The van der Waals surface area contributed by atoms with Gasteiger partial charge in [-0.15, -0.1) is 0 Å². The van der Waals surface area contributed by atoms with E-state index in [4.69, 9.17) is 10.2 Å². The molecule has 0 saturated carbocycles. The third kappa shape index (κ3) is 1.17. The van der Waals surface area contributed by atoms with Gasteiger partial charge in [0.25, 0.3) is 0 Å². The van der Waals surface area contributed by atoms with Crippen LogP contribution in [0.15, 0.2) is 47.0 Å². The lowest BCUT2D eigenvalue weighted by atomic mass is 9.92. The first kappa shape index (κ1) is 8.50. The van der Waals surface area contributed by atoms with Crippen molar-refractivity contribution in [1.29, 1.82) is 0 Å². The van der Waals surface area contributed by atoms with Crippen molar-refractivity contribution in [3.63, 3.8) is 0 Å². The molecule has 0 heterocycles. The fraction of sp³-hybridized carbons (Fsp3) is 0. The number of hydrogen-bond acceptors (Lipinski definition) is 4. The minimum Gasteiger partial charge on any atom is -0.504 e. The summed E-state index contributed by atoms with van der Waals surface area (Å²) in [6, 6.07) is 0. The Morgan fingerprint density at radius 3 is 1.43 bits per heavy atom. The number of aliphatic hydroxyl groups is 2. The molecule has 0 bridgehead atoms. The normalized spacial score (nSPS) is 20.6. The summed E-state index contributed by atoms with van der Waals surface area (Å²) in [6.07, 6.45) is 4.75. The lowest BCUT2D eigenvalue weighted by molar-refractivity contribution is -0.114. The third-order valence-corrected chi connectivity index (χ3v) is 2.00. The largest absolute Gasteiger partial charge is 0.504 e. The maximum Gasteiger partial charge on any atom is 0.220 e. The summed E-state index contributed by atoms with van der Waals surface area (Å²) in [4.78, 5) is 22.0. The highest BCUT2D eigenvalue weighted by Crippen LogP contribution is 2.25. The fourth-order valence-electron chi connectivity index (χ4n) is 1.28. The summed E-state index contributed by atoms with van der Waals surface area (Å²) in [5.74, 6) is -1.86. The Morgan fingerprint density at radius 2 is 1.07 bits per heavy atom. The van der Waals surface area contributed by atoms with Crippen molar-refractivity contribution in [1.82, 2.24) is 0 Å². The molecule has 2 aliphatic carbocycles. The molecule has 0 aromatic carbocycles. The van der Waals surface area contributed by atoms with Gasteiger partial charge in [0, 0.05) is 0 Å². The van der Waals surface area contributed by atoms with Crippen LogP contribution in [0.1, 0.15) is 0 Å². The molecule has 70 valence electrons. The Kier molecular flexibility index (Phi) is 1.64. The first-order valence-corrected chi connectivity index (χ1v) is 3.91. The third-order valence-electron chi connectivity index (χ3n) is 2.00. The molecule has 0 fully saturated rings. The average Bonchev–Trinajstić information content (AvgIpc) is 2.11. The predicted molar refractivity (Wildman–Crippen MR) is 47.6 cm³/mol. The SMILES string of the molecule is O=C1C=C2C=C(O)C(=O)C=C2C=C1O. The van der Waals surface area contributed by atoms with Crippen LogP contribution in [0, 0.1) is 0 Å². The van der Waals surface area contributed by atoms with Gasteiger partial charge in [0.1, 0.15) is 0 Å². The summed E-state index contributed by atoms with van der Waals surface area (Å²) in [5, 5.41) is 18.2. The van der Waals surface area contributed by atoms with Crippen LogP contribution in [-0.4, -0.2) is 21.8 Å². The number of aliphatic hydroxyl groups excluding tert-OH is 2. The summed E-state index contributed by atoms with van der Waals surface area (Å²) in [7, 11) is 0. The second-order valence-electron chi connectivity index (χ2n) is 2.99. The standard InChI is InChI=1S/C10H6O4/c11-7-1-5-2-9(13)10(14)4-6(5)3-8(7)12/h1-4,11,14H. The Balaban J connectivity index is 2.53. The molecule has 0 amide bonds. The predicted octanol–water partition coefficient (Wildman–Crippen LogP) is 0.888. The smallest absolute Gasteiger partial charge is 0.220 e. The number of ketones is 2. The van der Waals surface area contributed by atoms with Crippen LogP contribution in [0.3, 0.4) is 0 Å². The van der Waals surface area contributed by atoms with Crippen LogP contribution in [0.5, 0.6) is 0 Å². The molecule has 4 heteroatoms. The Labute approximate surface area is 79.2 Å². The van der Waals surface area contributed by atoms with Crippen LogP contribution in [0.25, 0.3) is 0 Å². The van der Waals surface area contributed by atoms with E-state index in [-0.39, 0.29) is 0 Å². The van der Waals surface area contributed by atoms with Crippen LogP contribution in [-0.2, 0) is 9.59 Å². The Hall–Kier alpha value is -2.10. The van der Waals surface area contributed by atoms with Crippen LogP contribution >= 0.6 is 0 Å². The van der Waals surface area contributed by atoms with Gasteiger partial charge in [-0.1, -0.05) is 0 Å². The first-order chi connectivity index (χ1) is 6.58. The maximum absolute atomic E-state index is 11.0. The van der Waals surface area contributed by atoms with E-state index >= 15 is 0 Å². The molecule has 2 aliphatic rings. The van der Waals surface area contributed by atoms with Crippen LogP contribution in [0.4, 0.5) is 0 Å². The lowest BCUT2D eigenvalue weighted by Gasteiger charge is -2.13. The summed E-state index contributed by atoms with van der Waals surface area (Å²) >= 11 is 0. The average molecular weight is 190 g/mol. The Morgan fingerprint density at radius 1 is 0.714 bits per heavy atom. The second-order valence-corrected chi connectivity index (χ2v) is 2.99. The Bertz CT molecular complexity index is 417. The van der Waals surface area contributed by atoms with E-state index < -0.39 is 23.1 Å². The monoisotopic (exact) mass is 190 g/mol. The zero-order chi connectivity index (χ0) is 10.3. The van der Waals surface area contributed by atoms with Gasteiger partial charge in [0.2, 0.25) is 11.6 Å². The lowest BCUT2D eigenvalue weighted by Crippen LogP contribution is -2.12. The van der Waals surface area contributed by atoms with E-state index in [1.165, 1.54) is 24.3 Å². The molecule has 0 aliphatic heterocycles. The molecule has 2 rings (SSSR count). The second kappa shape index (κ2) is 2.70. The van der Waals surface area contributed by atoms with Crippen molar-refractivity contribution in [3.05, 3.63) is 47.0 Å². The molecule has 2 N–H and O–H groups in total. The molecule has 0 aromatic rings. The number of carbonyl (C=O) groups is 2. The van der Waals surface area contributed by atoms with Crippen LogP contribution < -0.4 is 0 Å². The van der Waals surface area contributed by atoms with Gasteiger partial charge in [0.15, 0.2) is 11.5 Å². The van der Waals surface area contributed by atoms with Gasteiger partial charge in [-0.25, -0.2) is 0 Å². The van der Waals surface area contributed by atoms with Crippen molar-refractivity contribution in [2.24, 2.45) is 0 Å². The van der Waals surface area contributed by atoms with Gasteiger partial charge in [-0.2, -0.15) is 0 Å². The zero-order valence-electron chi connectivity index (χ0n) is 7.02. The zero-order valence-corrected chi connectivity index (χ0v) is 7.02. The minimum atomic E-state index is -0.532. The fourth-order valence-corrected chi connectivity index (χ4v) is 1.28. The number of fused-ring (bicyclic) bond motifs is 1. The van der Waals surface area contributed by atoms with Gasteiger partial charge >= 0.3 is 0 Å². The van der Waals surface area contributed by atoms with E-state index in [0.717, 1.165) is 0 Å². The van der Waals surface area contributed by atoms with Gasteiger partial charge < -0.3 is 10.2 Å². The molecule has 0 atom stereocenters. The highest BCUT2D eigenvalue weighted by molar-refractivity contribution is 6.10. The summed E-state index contributed by atoms with van der Waals surface area (Å²) in [6.45, 7) is 0. The molecule has 0 saturated heterocycles. The van der Waals surface area contributed by atoms with Crippen molar-refractivity contribution in [2.75, 3.05) is 0 Å². The number of allylic oxidation sites excluding steroid dienone is 6. The van der Waals surface area contributed by atoms with Gasteiger partial charge in [0.05, 0.1) is 0 Å². The molecular weight excluding hydrogens is 184 g/mol. The van der Waals surface area contributed by atoms with Crippen molar-refractivity contribution in [3.8, 4) is 0 Å². The first-order valence-electron chi connectivity index (χ1n) is 3.91. The highest BCUT2D eigenvalue weighted by atomic mass is 16.3. The van der Waals surface area contributed by atoms with E-state index in [9.17, 15) is 9.59 Å². The quantitative estimate of drug-likeness (QED) is 0.594. The molecule has 0 spiro atoms. The number of carbonyl (C=O) groups excluding carboxylic acids is 2. The minimum absolute atomic E-state index is 0.400. The summed E-state index contributed by atoms with van der Waals surface area (Å²) < 4.78 is 0. The van der Waals surface area contributed by atoms with E-state index in [2.05, 4.69) is 0 Å². The molecule has 0 aromatic heterocycles. The van der Waals surface area contributed by atoms with E-state index in [1.807, 2.05) is 0 Å². The molecule has 4 nitrogen and oxygen atoms in total.